The summed E-state index contributed by atoms with van der Waals surface area (Å²) in [7, 11) is 0. The molecular weight excluding hydrogens is 356 g/mol. The highest BCUT2D eigenvalue weighted by Crippen LogP contribution is 2.33. The number of rotatable bonds is 4. The number of carbonyl (C=O) groups is 1. The van der Waals surface area contributed by atoms with Gasteiger partial charge in [-0.2, -0.15) is 0 Å². The van der Waals surface area contributed by atoms with Gasteiger partial charge in [0.05, 0.1) is 0 Å². The fourth-order valence-corrected chi connectivity index (χ4v) is 2.85. The minimum atomic E-state index is -0.299. The Bertz CT molecular complexity index is 1020. The number of hydrogen-bond donors (Lipinski definition) is 2. The van der Waals surface area contributed by atoms with Crippen LogP contribution in [-0.4, -0.2) is 29.3 Å². The number of aromatic nitrogens is 2. The van der Waals surface area contributed by atoms with Gasteiger partial charge in [0.2, 0.25) is 0 Å². The van der Waals surface area contributed by atoms with Gasteiger partial charge in [-0.25, -0.2) is 0 Å². The second-order valence-corrected chi connectivity index (χ2v) is 6.56. The molecule has 142 valence electrons. The molecule has 3 aromatic rings. The fraction of sp³-hybridized carbons (Fsp3) is 0.190. The Morgan fingerprint density at radius 3 is 2.54 bits per heavy atom. The molecule has 0 unspecified atom stereocenters. The van der Waals surface area contributed by atoms with E-state index < -0.39 is 0 Å². The third-order valence-electron chi connectivity index (χ3n) is 4.35. The van der Waals surface area contributed by atoms with Gasteiger partial charge in [0.15, 0.2) is 23.0 Å². The van der Waals surface area contributed by atoms with Crippen molar-refractivity contribution in [3.63, 3.8) is 0 Å². The van der Waals surface area contributed by atoms with Gasteiger partial charge in [0.25, 0.3) is 5.91 Å². The molecule has 2 heterocycles. The van der Waals surface area contributed by atoms with E-state index in [1.807, 2.05) is 50.2 Å². The standard InChI is InChI=1S/C21H20N4O3/c1-13-3-4-14(2)17(11-13)23-21(26)16-6-8-20(25-24-16)22-15-5-7-18-19(12-15)28-10-9-27-18/h3-8,11-12H,9-10H2,1-2H3,(H,22,25)(H,23,26). The van der Waals surface area contributed by atoms with E-state index in [0.29, 0.717) is 24.8 Å². The lowest BCUT2D eigenvalue weighted by atomic mass is 10.1. The average molecular weight is 376 g/mol. The molecule has 0 aliphatic carbocycles. The number of nitrogens with zero attached hydrogens (tertiary/aromatic N) is 2. The third-order valence-corrected chi connectivity index (χ3v) is 4.35. The second-order valence-electron chi connectivity index (χ2n) is 6.56. The third kappa shape index (κ3) is 3.88. The molecule has 2 aromatic carbocycles. The van der Waals surface area contributed by atoms with Crippen LogP contribution in [0.2, 0.25) is 0 Å². The van der Waals surface area contributed by atoms with Crippen molar-refractivity contribution in [3.8, 4) is 11.5 Å². The molecule has 0 spiro atoms. The molecule has 0 atom stereocenters. The van der Waals surface area contributed by atoms with Crippen molar-refractivity contribution in [1.29, 1.82) is 0 Å². The molecule has 0 radical (unpaired) electrons. The molecule has 1 amide bonds. The van der Waals surface area contributed by atoms with Gasteiger partial charge in [0.1, 0.15) is 13.2 Å². The number of benzene rings is 2. The van der Waals surface area contributed by atoms with E-state index >= 15 is 0 Å². The first-order valence-corrected chi connectivity index (χ1v) is 8.97. The Labute approximate surface area is 162 Å². The predicted octanol–water partition coefficient (Wildman–Crippen LogP) is 3.86. The Kier molecular flexibility index (Phi) is 4.80. The predicted molar refractivity (Wildman–Crippen MR) is 107 cm³/mol. The zero-order valence-corrected chi connectivity index (χ0v) is 15.7. The SMILES string of the molecule is Cc1ccc(C)c(NC(=O)c2ccc(Nc3ccc4c(c3)OCCO4)nn2)c1. The summed E-state index contributed by atoms with van der Waals surface area (Å²) in [5.74, 6) is 1.64. The number of hydrogen-bond acceptors (Lipinski definition) is 6. The maximum atomic E-state index is 12.4. The molecule has 1 aliphatic heterocycles. The molecule has 7 nitrogen and oxygen atoms in total. The highest BCUT2D eigenvalue weighted by atomic mass is 16.6. The van der Waals surface area contributed by atoms with E-state index in [2.05, 4.69) is 20.8 Å². The maximum absolute atomic E-state index is 12.4. The molecule has 28 heavy (non-hydrogen) atoms. The fourth-order valence-electron chi connectivity index (χ4n) is 2.85. The zero-order chi connectivity index (χ0) is 19.5. The van der Waals surface area contributed by atoms with E-state index in [1.165, 1.54) is 0 Å². The summed E-state index contributed by atoms with van der Waals surface area (Å²) in [6.45, 7) is 5.01. The smallest absolute Gasteiger partial charge is 0.276 e. The highest BCUT2D eigenvalue weighted by molar-refractivity contribution is 6.03. The number of ether oxygens (including phenoxy) is 2. The van der Waals surface area contributed by atoms with Crippen molar-refractivity contribution in [2.75, 3.05) is 23.8 Å². The van der Waals surface area contributed by atoms with Crippen LogP contribution in [0.5, 0.6) is 11.5 Å². The highest BCUT2D eigenvalue weighted by Gasteiger charge is 2.13. The quantitative estimate of drug-likeness (QED) is 0.719. The van der Waals surface area contributed by atoms with E-state index in [4.69, 9.17) is 9.47 Å². The van der Waals surface area contributed by atoms with Crippen LogP contribution in [0.3, 0.4) is 0 Å². The van der Waals surface area contributed by atoms with Gasteiger partial charge in [-0.05, 0) is 55.3 Å². The monoisotopic (exact) mass is 376 g/mol. The van der Waals surface area contributed by atoms with E-state index in [-0.39, 0.29) is 11.6 Å². The first kappa shape index (κ1) is 17.8. The topological polar surface area (TPSA) is 85.4 Å². The van der Waals surface area contributed by atoms with Gasteiger partial charge in [-0.15, -0.1) is 10.2 Å². The zero-order valence-electron chi connectivity index (χ0n) is 15.7. The van der Waals surface area contributed by atoms with Crippen LogP contribution in [0.1, 0.15) is 21.6 Å². The molecule has 0 bridgehead atoms. The number of nitrogens with one attached hydrogen (secondary N) is 2. The number of anilines is 3. The van der Waals surface area contributed by atoms with Crippen molar-refractivity contribution in [2.24, 2.45) is 0 Å². The first-order chi connectivity index (χ1) is 13.6. The second kappa shape index (κ2) is 7.56. The lowest BCUT2D eigenvalue weighted by molar-refractivity contribution is 0.102. The average Bonchev–Trinajstić information content (AvgIpc) is 2.71. The minimum absolute atomic E-state index is 0.244. The summed E-state index contributed by atoms with van der Waals surface area (Å²) >= 11 is 0. The molecule has 1 aromatic heterocycles. The summed E-state index contributed by atoms with van der Waals surface area (Å²) < 4.78 is 11.1. The molecule has 2 N–H and O–H groups in total. The van der Waals surface area contributed by atoms with Crippen molar-refractivity contribution < 1.29 is 14.3 Å². The van der Waals surface area contributed by atoms with Crippen LogP contribution in [0, 0.1) is 13.8 Å². The molecule has 1 aliphatic rings. The molecule has 0 fully saturated rings. The molecular formula is C21H20N4O3. The summed E-state index contributed by atoms with van der Waals surface area (Å²) in [6.07, 6.45) is 0. The summed E-state index contributed by atoms with van der Waals surface area (Å²) in [5, 5.41) is 14.1. The van der Waals surface area contributed by atoms with Crippen molar-refractivity contribution in [1.82, 2.24) is 10.2 Å². The molecule has 7 heteroatoms. The number of aryl methyl sites for hydroxylation is 2. The lowest BCUT2D eigenvalue weighted by Crippen LogP contribution is -2.16. The van der Waals surface area contributed by atoms with Crippen molar-refractivity contribution in [3.05, 3.63) is 65.4 Å². The molecule has 0 saturated heterocycles. The van der Waals surface area contributed by atoms with Crippen LogP contribution < -0.4 is 20.1 Å². The van der Waals surface area contributed by atoms with E-state index in [0.717, 1.165) is 28.3 Å². The summed E-state index contributed by atoms with van der Waals surface area (Å²) in [4.78, 5) is 12.4. The van der Waals surface area contributed by atoms with Gasteiger partial charge >= 0.3 is 0 Å². The van der Waals surface area contributed by atoms with Gasteiger partial charge in [0, 0.05) is 17.4 Å². The maximum Gasteiger partial charge on any atom is 0.276 e. The first-order valence-electron chi connectivity index (χ1n) is 8.97. The minimum Gasteiger partial charge on any atom is -0.486 e. The van der Waals surface area contributed by atoms with Crippen molar-refractivity contribution in [2.45, 2.75) is 13.8 Å². The van der Waals surface area contributed by atoms with Crippen LogP contribution in [-0.2, 0) is 0 Å². The Morgan fingerprint density at radius 1 is 0.929 bits per heavy atom. The van der Waals surface area contributed by atoms with Gasteiger partial charge in [-0.3, -0.25) is 4.79 Å². The lowest BCUT2D eigenvalue weighted by Gasteiger charge is -2.19. The van der Waals surface area contributed by atoms with E-state index in [9.17, 15) is 4.79 Å². The van der Waals surface area contributed by atoms with E-state index in [1.54, 1.807) is 12.1 Å². The summed E-state index contributed by atoms with van der Waals surface area (Å²) in [5.41, 5.74) is 3.87. The van der Waals surface area contributed by atoms with Crippen LogP contribution in [0.4, 0.5) is 17.2 Å². The number of fused-ring (bicyclic) bond motifs is 1. The Balaban J connectivity index is 1.45. The Morgan fingerprint density at radius 2 is 1.75 bits per heavy atom. The Hall–Kier alpha value is -3.61. The van der Waals surface area contributed by atoms with Crippen molar-refractivity contribution >= 4 is 23.1 Å². The van der Waals surface area contributed by atoms with Crippen LogP contribution in [0.15, 0.2) is 48.5 Å². The van der Waals surface area contributed by atoms with Crippen LogP contribution >= 0.6 is 0 Å². The van der Waals surface area contributed by atoms with Gasteiger partial charge in [-0.1, -0.05) is 12.1 Å². The summed E-state index contributed by atoms with van der Waals surface area (Å²) in [6, 6.07) is 14.8. The van der Waals surface area contributed by atoms with Crippen LogP contribution in [0.25, 0.3) is 0 Å². The number of amides is 1. The molecule has 0 saturated carbocycles. The molecule has 4 rings (SSSR count). The normalized spacial score (nSPS) is 12.4. The number of carbonyl (C=O) groups excluding carboxylic acids is 1. The van der Waals surface area contributed by atoms with Gasteiger partial charge < -0.3 is 20.1 Å². The largest absolute Gasteiger partial charge is 0.486 e.